The van der Waals surface area contributed by atoms with Crippen LogP contribution in [0.3, 0.4) is 0 Å². The van der Waals surface area contributed by atoms with Crippen LogP contribution < -0.4 is 5.73 Å². The average Bonchev–Trinajstić information content (AvgIpc) is 2.29. The highest BCUT2D eigenvalue weighted by Crippen LogP contribution is 2.26. The summed E-state index contributed by atoms with van der Waals surface area (Å²) in [7, 11) is 0. The Morgan fingerprint density at radius 1 is 1.19 bits per heavy atom. The van der Waals surface area contributed by atoms with Crippen LogP contribution in [0.1, 0.15) is 38.5 Å². The molecule has 0 spiro atoms. The highest BCUT2D eigenvalue weighted by Gasteiger charge is 2.30. The van der Waals surface area contributed by atoms with Crippen molar-refractivity contribution < 1.29 is 9.90 Å². The lowest BCUT2D eigenvalue weighted by atomic mass is 9.86. The van der Waals surface area contributed by atoms with Crippen LogP contribution in [0, 0.1) is 5.92 Å². The van der Waals surface area contributed by atoms with Gasteiger partial charge in [-0.1, -0.05) is 0 Å². The van der Waals surface area contributed by atoms with Gasteiger partial charge in [0.1, 0.15) is 0 Å². The van der Waals surface area contributed by atoms with Crippen LogP contribution in [0.4, 0.5) is 0 Å². The third-order valence-electron chi connectivity index (χ3n) is 3.82. The molecular weight excluding hydrogens is 204 g/mol. The number of carbonyl (C=O) groups excluding carboxylic acids is 1. The smallest absolute Gasteiger partial charge is 0.225 e. The molecule has 1 atom stereocenters. The molecule has 0 aromatic rings. The number of rotatable bonds is 1. The molecule has 1 saturated carbocycles. The molecule has 1 amide bonds. The van der Waals surface area contributed by atoms with Gasteiger partial charge >= 0.3 is 0 Å². The average molecular weight is 226 g/mol. The number of hydrogen-bond donors (Lipinski definition) is 2. The van der Waals surface area contributed by atoms with Crippen molar-refractivity contribution in [3.8, 4) is 0 Å². The molecule has 92 valence electrons. The molecule has 1 unspecified atom stereocenters. The summed E-state index contributed by atoms with van der Waals surface area (Å²) in [5, 5.41) is 9.42. The third-order valence-corrected chi connectivity index (χ3v) is 3.82. The van der Waals surface area contributed by atoms with E-state index in [-0.39, 0.29) is 24.0 Å². The van der Waals surface area contributed by atoms with E-state index in [0.717, 1.165) is 51.6 Å². The van der Waals surface area contributed by atoms with E-state index in [4.69, 9.17) is 5.73 Å². The summed E-state index contributed by atoms with van der Waals surface area (Å²) >= 11 is 0. The highest BCUT2D eigenvalue weighted by atomic mass is 16.3. The second kappa shape index (κ2) is 5.15. The van der Waals surface area contributed by atoms with E-state index in [1.165, 1.54) is 0 Å². The molecule has 4 nitrogen and oxygen atoms in total. The topological polar surface area (TPSA) is 66.6 Å². The molecule has 1 aliphatic heterocycles. The largest absolute Gasteiger partial charge is 0.393 e. The maximum atomic E-state index is 12.2. The van der Waals surface area contributed by atoms with Gasteiger partial charge in [0.15, 0.2) is 0 Å². The Labute approximate surface area is 96.8 Å². The molecule has 0 radical (unpaired) electrons. The first-order valence-corrected chi connectivity index (χ1v) is 6.39. The van der Waals surface area contributed by atoms with Gasteiger partial charge in [0, 0.05) is 25.0 Å². The van der Waals surface area contributed by atoms with Gasteiger partial charge in [0.2, 0.25) is 5.91 Å². The zero-order valence-electron chi connectivity index (χ0n) is 9.77. The molecule has 0 aromatic carbocycles. The predicted octanol–water partition coefficient (Wildman–Crippen LogP) is 0.487. The number of aliphatic hydroxyl groups excluding tert-OH is 1. The molecule has 4 heteroatoms. The van der Waals surface area contributed by atoms with E-state index >= 15 is 0 Å². The molecular formula is C12H22N2O2. The van der Waals surface area contributed by atoms with Crippen molar-refractivity contribution >= 4 is 5.91 Å². The zero-order chi connectivity index (χ0) is 11.5. The SMILES string of the molecule is NC1CCCN(C(=O)C2CCC(O)CC2)C1. The second-order valence-corrected chi connectivity index (χ2v) is 5.19. The Hall–Kier alpha value is -0.610. The summed E-state index contributed by atoms with van der Waals surface area (Å²) in [5.74, 6) is 0.399. The summed E-state index contributed by atoms with van der Waals surface area (Å²) in [6, 6.07) is 0.159. The van der Waals surface area contributed by atoms with Gasteiger partial charge in [-0.3, -0.25) is 4.79 Å². The molecule has 2 fully saturated rings. The van der Waals surface area contributed by atoms with Crippen LogP contribution in [0.2, 0.25) is 0 Å². The van der Waals surface area contributed by atoms with Crippen molar-refractivity contribution in [3.63, 3.8) is 0 Å². The Balaban J connectivity index is 1.86. The molecule has 0 bridgehead atoms. The zero-order valence-corrected chi connectivity index (χ0v) is 9.77. The van der Waals surface area contributed by atoms with E-state index < -0.39 is 0 Å². The van der Waals surface area contributed by atoms with Gasteiger partial charge < -0.3 is 15.7 Å². The maximum Gasteiger partial charge on any atom is 0.225 e. The highest BCUT2D eigenvalue weighted by molar-refractivity contribution is 5.79. The van der Waals surface area contributed by atoms with Gasteiger partial charge in [-0.05, 0) is 38.5 Å². The number of aliphatic hydroxyl groups is 1. The predicted molar refractivity (Wildman–Crippen MR) is 61.8 cm³/mol. The van der Waals surface area contributed by atoms with Gasteiger partial charge in [-0.25, -0.2) is 0 Å². The standard InChI is InChI=1S/C12H22N2O2/c13-10-2-1-7-14(8-10)12(16)9-3-5-11(15)6-4-9/h9-11,15H,1-8,13H2. The summed E-state index contributed by atoms with van der Waals surface area (Å²) in [6.07, 6.45) is 5.10. The summed E-state index contributed by atoms with van der Waals surface area (Å²) in [5.41, 5.74) is 5.88. The summed E-state index contributed by atoms with van der Waals surface area (Å²) < 4.78 is 0. The fourth-order valence-corrected chi connectivity index (χ4v) is 2.79. The Bertz CT molecular complexity index is 249. The van der Waals surface area contributed by atoms with Crippen LogP contribution >= 0.6 is 0 Å². The lowest BCUT2D eigenvalue weighted by Gasteiger charge is -2.35. The van der Waals surface area contributed by atoms with Gasteiger partial charge in [-0.15, -0.1) is 0 Å². The molecule has 1 saturated heterocycles. The van der Waals surface area contributed by atoms with Crippen LogP contribution in [-0.4, -0.2) is 41.1 Å². The van der Waals surface area contributed by atoms with Crippen molar-refractivity contribution in [2.24, 2.45) is 11.7 Å². The number of piperidine rings is 1. The number of carbonyl (C=O) groups is 1. The van der Waals surface area contributed by atoms with Crippen molar-refractivity contribution in [3.05, 3.63) is 0 Å². The number of hydrogen-bond acceptors (Lipinski definition) is 3. The van der Waals surface area contributed by atoms with Crippen LogP contribution in [0.25, 0.3) is 0 Å². The molecule has 1 heterocycles. The van der Waals surface area contributed by atoms with Gasteiger partial charge in [0.25, 0.3) is 0 Å². The Morgan fingerprint density at radius 2 is 1.88 bits per heavy atom. The quantitative estimate of drug-likeness (QED) is 0.683. The number of nitrogens with two attached hydrogens (primary N) is 1. The van der Waals surface area contributed by atoms with Crippen molar-refractivity contribution in [2.45, 2.75) is 50.7 Å². The Morgan fingerprint density at radius 3 is 2.50 bits per heavy atom. The van der Waals surface area contributed by atoms with Gasteiger partial charge in [0.05, 0.1) is 6.10 Å². The van der Waals surface area contributed by atoms with Gasteiger partial charge in [-0.2, -0.15) is 0 Å². The molecule has 3 N–H and O–H groups in total. The molecule has 0 aromatic heterocycles. The maximum absolute atomic E-state index is 12.2. The van der Waals surface area contributed by atoms with E-state index in [1.807, 2.05) is 4.90 Å². The fraction of sp³-hybridized carbons (Fsp3) is 0.917. The first kappa shape index (κ1) is 11.9. The summed E-state index contributed by atoms with van der Waals surface area (Å²) in [4.78, 5) is 14.1. The third kappa shape index (κ3) is 2.74. The molecule has 1 aliphatic carbocycles. The lowest BCUT2D eigenvalue weighted by Crippen LogP contribution is -2.48. The molecule has 2 rings (SSSR count). The number of nitrogens with zero attached hydrogens (tertiary/aromatic N) is 1. The van der Waals surface area contributed by atoms with Crippen LogP contribution in [0.5, 0.6) is 0 Å². The van der Waals surface area contributed by atoms with Crippen LogP contribution in [-0.2, 0) is 4.79 Å². The van der Waals surface area contributed by atoms with Crippen molar-refractivity contribution in [1.29, 1.82) is 0 Å². The van der Waals surface area contributed by atoms with E-state index in [9.17, 15) is 9.90 Å². The minimum absolute atomic E-state index is 0.133. The fourth-order valence-electron chi connectivity index (χ4n) is 2.79. The molecule has 16 heavy (non-hydrogen) atoms. The first-order valence-electron chi connectivity index (χ1n) is 6.39. The number of amides is 1. The Kier molecular flexibility index (Phi) is 3.82. The summed E-state index contributed by atoms with van der Waals surface area (Å²) in [6.45, 7) is 1.59. The minimum atomic E-state index is -0.187. The van der Waals surface area contributed by atoms with E-state index in [1.54, 1.807) is 0 Å². The first-order chi connectivity index (χ1) is 7.66. The van der Waals surface area contributed by atoms with Crippen LogP contribution in [0.15, 0.2) is 0 Å². The second-order valence-electron chi connectivity index (χ2n) is 5.19. The molecule has 2 aliphatic rings. The van der Waals surface area contributed by atoms with Crippen molar-refractivity contribution in [1.82, 2.24) is 4.90 Å². The lowest BCUT2D eigenvalue weighted by molar-refractivity contribution is -0.138. The monoisotopic (exact) mass is 226 g/mol. The number of likely N-dealkylation sites (tertiary alicyclic amines) is 1. The normalized spacial score (nSPS) is 36.1. The van der Waals surface area contributed by atoms with E-state index in [0.29, 0.717) is 0 Å². The van der Waals surface area contributed by atoms with E-state index in [2.05, 4.69) is 0 Å². The minimum Gasteiger partial charge on any atom is -0.393 e. The van der Waals surface area contributed by atoms with Crippen molar-refractivity contribution in [2.75, 3.05) is 13.1 Å².